The minimum Gasteiger partial charge on any atom is -0.345 e. The summed E-state index contributed by atoms with van der Waals surface area (Å²) in [6, 6.07) is 1.58. The Bertz CT molecular complexity index is 524. The minimum atomic E-state index is -3.00. The molecule has 0 atom stereocenters. The van der Waals surface area contributed by atoms with E-state index in [0.29, 0.717) is 15.5 Å². The van der Waals surface area contributed by atoms with Gasteiger partial charge in [-0.25, -0.2) is 13.8 Å². The van der Waals surface area contributed by atoms with Gasteiger partial charge in [0.15, 0.2) is 0 Å². The number of pyridine rings is 1. The number of nitrogens with zero attached hydrogens (tertiary/aromatic N) is 1. The Morgan fingerprint density at radius 1 is 1.53 bits per heavy atom. The van der Waals surface area contributed by atoms with Gasteiger partial charge in [-0.2, -0.15) is 0 Å². The van der Waals surface area contributed by atoms with Crippen molar-refractivity contribution in [2.75, 3.05) is 0 Å². The Morgan fingerprint density at radius 2 is 2.27 bits per heavy atom. The lowest BCUT2D eigenvalue weighted by Gasteiger charge is -1.97. The highest BCUT2D eigenvalue weighted by Crippen LogP contribution is 2.22. The van der Waals surface area contributed by atoms with E-state index in [4.69, 9.17) is 0 Å². The lowest BCUT2D eigenvalue weighted by Crippen LogP contribution is -2.09. The lowest BCUT2D eigenvalue weighted by atomic mass is 10.1. The third-order valence-corrected chi connectivity index (χ3v) is 2.40. The van der Waals surface area contributed by atoms with Crippen LogP contribution in [0.2, 0.25) is 0 Å². The molecular formula is C9H5BrF2N2O. The van der Waals surface area contributed by atoms with E-state index in [0.717, 1.165) is 0 Å². The highest BCUT2D eigenvalue weighted by Gasteiger charge is 2.21. The van der Waals surface area contributed by atoms with Gasteiger partial charge in [-0.1, -0.05) is 0 Å². The molecule has 0 fully saturated rings. The molecule has 0 bridgehead atoms. The van der Waals surface area contributed by atoms with Crippen LogP contribution in [0.25, 0.3) is 11.0 Å². The third-order valence-electron chi connectivity index (χ3n) is 1.96. The fourth-order valence-corrected chi connectivity index (χ4v) is 1.63. The molecule has 2 aromatic heterocycles. The van der Waals surface area contributed by atoms with Crippen LogP contribution in [-0.4, -0.2) is 22.2 Å². The number of hydrogen-bond acceptors (Lipinski definition) is 2. The number of rotatable bonds is 2. The van der Waals surface area contributed by atoms with Crippen molar-refractivity contribution in [3.63, 3.8) is 0 Å². The van der Waals surface area contributed by atoms with E-state index in [2.05, 4.69) is 25.9 Å². The smallest absolute Gasteiger partial charge is 0.300 e. The standard InChI is InChI=1S/C9H5BrF2N2O/c10-4-1-5-6(7(15)8(11)12)3-14-9(5)13-2-4/h1-3,8H,(H,13,14). The van der Waals surface area contributed by atoms with Crippen molar-refractivity contribution in [2.45, 2.75) is 6.43 Å². The molecule has 2 rings (SSSR count). The first-order chi connectivity index (χ1) is 7.09. The second-order valence-corrected chi connectivity index (χ2v) is 3.83. The van der Waals surface area contributed by atoms with Crippen molar-refractivity contribution < 1.29 is 13.6 Å². The molecule has 6 heteroatoms. The number of fused-ring (bicyclic) bond motifs is 1. The van der Waals surface area contributed by atoms with Gasteiger partial charge in [0.05, 0.1) is 5.56 Å². The molecule has 0 aliphatic rings. The largest absolute Gasteiger partial charge is 0.345 e. The first kappa shape index (κ1) is 10.2. The highest BCUT2D eigenvalue weighted by atomic mass is 79.9. The molecule has 0 saturated carbocycles. The van der Waals surface area contributed by atoms with Gasteiger partial charge in [0.25, 0.3) is 0 Å². The van der Waals surface area contributed by atoms with Gasteiger partial charge in [-0.05, 0) is 22.0 Å². The molecule has 2 aromatic rings. The molecule has 0 amide bonds. The normalized spacial score (nSPS) is 11.2. The van der Waals surface area contributed by atoms with Crippen LogP contribution in [0, 0.1) is 0 Å². The SMILES string of the molecule is O=C(c1c[nH]c2ncc(Br)cc12)C(F)F. The van der Waals surface area contributed by atoms with Crippen molar-refractivity contribution in [1.29, 1.82) is 0 Å². The molecule has 15 heavy (non-hydrogen) atoms. The zero-order valence-electron chi connectivity index (χ0n) is 7.30. The topological polar surface area (TPSA) is 45.8 Å². The van der Waals surface area contributed by atoms with E-state index in [9.17, 15) is 13.6 Å². The first-order valence-electron chi connectivity index (χ1n) is 4.04. The van der Waals surface area contributed by atoms with E-state index >= 15 is 0 Å². The number of alkyl halides is 2. The van der Waals surface area contributed by atoms with E-state index in [1.54, 1.807) is 6.07 Å². The van der Waals surface area contributed by atoms with Crippen molar-refractivity contribution in [2.24, 2.45) is 0 Å². The number of nitrogens with one attached hydrogen (secondary N) is 1. The summed E-state index contributed by atoms with van der Waals surface area (Å²) in [4.78, 5) is 17.7. The Labute approximate surface area is 91.6 Å². The number of aromatic amines is 1. The Balaban J connectivity index is 2.62. The van der Waals surface area contributed by atoms with E-state index in [1.165, 1.54) is 12.4 Å². The van der Waals surface area contributed by atoms with E-state index in [-0.39, 0.29) is 5.56 Å². The quantitative estimate of drug-likeness (QED) is 0.856. The number of halogens is 3. The monoisotopic (exact) mass is 274 g/mol. The molecule has 0 spiro atoms. The maximum Gasteiger partial charge on any atom is 0.300 e. The lowest BCUT2D eigenvalue weighted by molar-refractivity contribution is 0.0680. The number of carbonyl (C=O) groups is 1. The molecule has 0 radical (unpaired) electrons. The summed E-state index contributed by atoms with van der Waals surface area (Å²) in [6.45, 7) is 0. The second-order valence-electron chi connectivity index (χ2n) is 2.92. The van der Waals surface area contributed by atoms with Gasteiger partial charge in [0, 0.05) is 22.3 Å². The van der Waals surface area contributed by atoms with Gasteiger partial charge in [-0.15, -0.1) is 0 Å². The van der Waals surface area contributed by atoms with Gasteiger partial charge < -0.3 is 4.98 Å². The summed E-state index contributed by atoms with van der Waals surface area (Å²) in [5.41, 5.74) is 0.385. The number of hydrogen-bond donors (Lipinski definition) is 1. The fourth-order valence-electron chi connectivity index (χ4n) is 1.30. The summed E-state index contributed by atoms with van der Waals surface area (Å²) in [7, 11) is 0. The second kappa shape index (κ2) is 3.69. The molecular weight excluding hydrogens is 270 g/mol. The number of H-pyrrole nitrogens is 1. The predicted octanol–water partition coefficient (Wildman–Crippen LogP) is 2.77. The van der Waals surface area contributed by atoms with Gasteiger partial charge >= 0.3 is 6.43 Å². The van der Waals surface area contributed by atoms with Gasteiger partial charge in [0.2, 0.25) is 5.78 Å². The molecule has 2 heterocycles. The maximum atomic E-state index is 12.2. The van der Waals surface area contributed by atoms with E-state index < -0.39 is 12.2 Å². The predicted molar refractivity (Wildman–Crippen MR) is 54.1 cm³/mol. The molecule has 0 aromatic carbocycles. The Morgan fingerprint density at radius 3 is 2.93 bits per heavy atom. The minimum absolute atomic E-state index is 0.0335. The molecule has 0 saturated heterocycles. The summed E-state index contributed by atoms with van der Waals surface area (Å²) >= 11 is 3.16. The number of Topliss-reactive ketones (excluding diaryl/α,β-unsaturated/α-hetero) is 1. The summed E-state index contributed by atoms with van der Waals surface area (Å²) in [5, 5.41) is 0.398. The average Bonchev–Trinajstić information content (AvgIpc) is 2.59. The molecule has 78 valence electrons. The number of carbonyl (C=O) groups excluding carboxylic acids is 1. The van der Waals surface area contributed by atoms with Crippen LogP contribution in [0.3, 0.4) is 0 Å². The summed E-state index contributed by atoms with van der Waals surface area (Å²) in [5.74, 6) is -1.19. The van der Waals surface area contributed by atoms with Crippen LogP contribution in [0.5, 0.6) is 0 Å². The van der Waals surface area contributed by atoms with Gasteiger partial charge in [-0.3, -0.25) is 4.79 Å². The molecule has 0 aliphatic heterocycles. The van der Waals surface area contributed by atoms with E-state index in [1.807, 2.05) is 0 Å². The van der Waals surface area contributed by atoms with Crippen LogP contribution in [0.15, 0.2) is 22.9 Å². The average molecular weight is 275 g/mol. The molecule has 0 unspecified atom stereocenters. The maximum absolute atomic E-state index is 12.2. The van der Waals surface area contributed by atoms with Crippen LogP contribution in [-0.2, 0) is 0 Å². The van der Waals surface area contributed by atoms with Crippen LogP contribution < -0.4 is 0 Å². The number of ketones is 1. The number of aromatic nitrogens is 2. The van der Waals surface area contributed by atoms with Gasteiger partial charge in [0.1, 0.15) is 5.65 Å². The summed E-state index contributed by atoms with van der Waals surface area (Å²) < 4.78 is 25.1. The molecule has 3 nitrogen and oxygen atoms in total. The van der Waals surface area contributed by atoms with Crippen LogP contribution >= 0.6 is 15.9 Å². The van der Waals surface area contributed by atoms with Crippen LogP contribution in [0.4, 0.5) is 8.78 Å². The fraction of sp³-hybridized carbons (Fsp3) is 0.111. The van der Waals surface area contributed by atoms with Crippen molar-refractivity contribution in [3.8, 4) is 0 Å². The molecule has 1 N–H and O–H groups in total. The highest BCUT2D eigenvalue weighted by molar-refractivity contribution is 9.10. The molecule has 0 aliphatic carbocycles. The van der Waals surface area contributed by atoms with Crippen LogP contribution in [0.1, 0.15) is 10.4 Å². The van der Waals surface area contributed by atoms with Crippen molar-refractivity contribution in [3.05, 3.63) is 28.5 Å². The van der Waals surface area contributed by atoms with Crippen molar-refractivity contribution >= 4 is 32.7 Å². The summed E-state index contributed by atoms with van der Waals surface area (Å²) in [6.07, 6.45) is -0.225. The van der Waals surface area contributed by atoms with Crippen molar-refractivity contribution in [1.82, 2.24) is 9.97 Å². The zero-order valence-corrected chi connectivity index (χ0v) is 8.88. The Hall–Kier alpha value is -1.30. The first-order valence-corrected chi connectivity index (χ1v) is 4.84. The Kier molecular flexibility index (Phi) is 2.52. The third kappa shape index (κ3) is 1.77. The zero-order chi connectivity index (χ0) is 11.0.